The fourth-order valence-electron chi connectivity index (χ4n) is 2.61. The molecule has 21 heavy (non-hydrogen) atoms. The summed E-state index contributed by atoms with van der Waals surface area (Å²) in [6, 6.07) is 9.59. The molecule has 0 aromatic heterocycles. The molecule has 0 bridgehead atoms. The van der Waals surface area contributed by atoms with Gasteiger partial charge in [0, 0.05) is 18.8 Å². The van der Waals surface area contributed by atoms with Crippen molar-refractivity contribution >= 4 is 11.6 Å². The molecule has 0 aliphatic carbocycles. The second-order valence-corrected chi connectivity index (χ2v) is 5.26. The second kappa shape index (κ2) is 7.68. The maximum Gasteiger partial charge on any atom is 0.247 e. The van der Waals surface area contributed by atoms with Crippen LogP contribution in [0.5, 0.6) is 5.75 Å². The third-order valence-electron chi connectivity index (χ3n) is 3.72. The van der Waals surface area contributed by atoms with Crippen molar-refractivity contribution in [2.24, 2.45) is 5.41 Å². The van der Waals surface area contributed by atoms with Gasteiger partial charge in [-0.1, -0.05) is 32.8 Å². The molecule has 4 heteroatoms. The lowest BCUT2D eigenvalue weighted by atomic mass is 9.79. The van der Waals surface area contributed by atoms with Crippen LogP contribution in [0.1, 0.15) is 39.5 Å². The van der Waals surface area contributed by atoms with Gasteiger partial charge in [0.2, 0.25) is 5.91 Å². The zero-order valence-electron chi connectivity index (χ0n) is 13.3. The van der Waals surface area contributed by atoms with E-state index in [0.717, 1.165) is 18.5 Å². The van der Waals surface area contributed by atoms with Crippen molar-refractivity contribution in [3.05, 3.63) is 24.3 Å². The fraction of sp³-hybridized carbons (Fsp3) is 0.529. The van der Waals surface area contributed by atoms with E-state index < -0.39 is 5.41 Å². The van der Waals surface area contributed by atoms with E-state index in [2.05, 4.69) is 6.07 Å². The van der Waals surface area contributed by atoms with Crippen molar-refractivity contribution in [1.82, 2.24) is 0 Å². The van der Waals surface area contributed by atoms with Gasteiger partial charge in [0.25, 0.3) is 0 Å². The third kappa shape index (κ3) is 3.75. The molecule has 0 atom stereocenters. The molecule has 0 N–H and O–H groups in total. The largest absolute Gasteiger partial charge is 0.497 e. The number of carbonyl (C=O) groups is 1. The van der Waals surface area contributed by atoms with Gasteiger partial charge >= 0.3 is 0 Å². The Balaban J connectivity index is 3.10. The SMILES string of the molecule is CCCC(C#N)(CCC)C(=O)N(C)c1cccc(OC)c1. The van der Waals surface area contributed by atoms with Crippen LogP contribution in [0.25, 0.3) is 0 Å². The van der Waals surface area contributed by atoms with E-state index in [-0.39, 0.29) is 5.91 Å². The summed E-state index contributed by atoms with van der Waals surface area (Å²) in [6.07, 6.45) is 2.80. The van der Waals surface area contributed by atoms with Crippen LogP contribution in [0, 0.1) is 16.7 Å². The second-order valence-electron chi connectivity index (χ2n) is 5.26. The summed E-state index contributed by atoms with van der Waals surface area (Å²) in [7, 11) is 3.31. The summed E-state index contributed by atoms with van der Waals surface area (Å²) >= 11 is 0. The molecular weight excluding hydrogens is 264 g/mol. The molecule has 114 valence electrons. The first-order valence-corrected chi connectivity index (χ1v) is 7.38. The molecule has 0 saturated heterocycles. The average molecular weight is 288 g/mol. The molecule has 0 fully saturated rings. The van der Waals surface area contributed by atoms with Crippen LogP contribution in [0.4, 0.5) is 5.69 Å². The Kier molecular flexibility index (Phi) is 6.23. The molecule has 1 aromatic rings. The number of ether oxygens (including phenoxy) is 1. The van der Waals surface area contributed by atoms with Crippen molar-refractivity contribution in [2.75, 3.05) is 19.1 Å². The third-order valence-corrected chi connectivity index (χ3v) is 3.72. The highest BCUT2D eigenvalue weighted by Crippen LogP contribution is 2.33. The molecule has 0 radical (unpaired) electrons. The molecule has 0 heterocycles. The number of nitrogens with zero attached hydrogens (tertiary/aromatic N) is 2. The summed E-state index contributed by atoms with van der Waals surface area (Å²) < 4.78 is 5.19. The predicted octanol–water partition coefficient (Wildman–Crippen LogP) is 3.77. The van der Waals surface area contributed by atoms with E-state index in [4.69, 9.17) is 4.74 Å². The maximum absolute atomic E-state index is 12.8. The monoisotopic (exact) mass is 288 g/mol. The van der Waals surface area contributed by atoms with Gasteiger partial charge in [-0.2, -0.15) is 5.26 Å². The van der Waals surface area contributed by atoms with Crippen molar-refractivity contribution < 1.29 is 9.53 Å². The highest BCUT2D eigenvalue weighted by atomic mass is 16.5. The number of carbonyl (C=O) groups excluding carboxylic acids is 1. The van der Waals surface area contributed by atoms with Gasteiger partial charge in [-0.3, -0.25) is 4.79 Å². The standard InChI is InChI=1S/C17H24N2O2/c1-5-10-17(13-18,11-6-2)16(20)19(3)14-8-7-9-15(12-14)21-4/h7-9,12H,5-6,10-11H2,1-4H3. The number of hydrogen-bond acceptors (Lipinski definition) is 3. The van der Waals surface area contributed by atoms with Gasteiger partial charge in [-0.05, 0) is 25.0 Å². The van der Waals surface area contributed by atoms with Crippen molar-refractivity contribution in [1.29, 1.82) is 5.26 Å². The first-order chi connectivity index (χ1) is 10.0. The quantitative estimate of drug-likeness (QED) is 0.767. The highest BCUT2D eigenvalue weighted by Gasteiger charge is 2.39. The first kappa shape index (κ1) is 17.0. The van der Waals surface area contributed by atoms with Gasteiger partial charge in [0.05, 0.1) is 13.2 Å². The molecule has 1 aromatic carbocycles. The highest BCUT2D eigenvalue weighted by molar-refractivity contribution is 5.99. The number of hydrogen-bond donors (Lipinski definition) is 0. The molecular formula is C17H24N2O2. The fourth-order valence-corrected chi connectivity index (χ4v) is 2.61. The topological polar surface area (TPSA) is 53.3 Å². The van der Waals surface area contributed by atoms with Gasteiger partial charge in [0.1, 0.15) is 11.2 Å². The first-order valence-electron chi connectivity index (χ1n) is 7.38. The van der Waals surface area contributed by atoms with Crippen molar-refractivity contribution in [3.8, 4) is 11.8 Å². The molecule has 0 aliphatic rings. The van der Waals surface area contributed by atoms with Gasteiger partial charge in [0.15, 0.2) is 0 Å². The van der Waals surface area contributed by atoms with Crippen LogP contribution >= 0.6 is 0 Å². The van der Waals surface area contributed by atoms with E-state index >= 15 is 0 Å². The number of amides is 1. The number of nitriles is 1. The molecule has 4 nitrogen and oxygen atoms in total. The Morgan fingerprint density at radius 1 is 1.33 bits per heavy atom. The molecule has 0 unspecified atom stereocenters. The molecule has 1 amide bonds. The van der Waals surface area contributed by atoms with E-state index in [1.807, 2.05) is 32.0 Å². The number of anilines is 1. The molecule has 0 saturated carbocycles. The Morgan fingerprint density at radius 2 is 1.95 bits per heavy atom. The van der Waals surface area contributed by atoms with E-state index in [0.29, 0.717) is 18.6 Å². The molecule has 0 spiro atoms. The van der Waals surface area contributed by atoms with Crippen LogP contribution < -0.4 is 9.64 Å². The predicted molar refractivity (Wildman–Crippen MR) is 84.3 cm³/mol. The molecule has 1 rings (SSSR count). The van der Waals surface area contributed by atoms with Crippen LogP contribution in [-0.2, 0) is 4.79 Å². The Labute approximate surface area is 127 Å². The molecule has 0 aliphatic heterocycles. The minimum atomic E-state index is -0.929. The van der Waals surface area contributed by atoms with E-state index in [1.54, 1.807) is 25.1 Å². The van der Waals surface area contributed by atoms with Crippen LogP contribution in [0.15, 0.2) is 24.3 Å². The zero-order chi connectivity index (χ0) is 15.9. The Morgan fingerprint density at radius 3 is 2.43 bits per heavy atom. The van der Waals surface area contributed by atoms with E-state index in [9.17, 15) is 10.1 Å². The van der Waals surface area contributed by atoms with E-state index in [1.165, 1.54) is 0 Å². The minimum Gasteiger partial charge on any atom is -0.497 e. The van der Waals surface area contributed by atoms with Crippen LogP contribution in [-0.4, -0.2) is 20.1 Å². The average Bonchev–Trinajstić information content (AvgIpc) is 2.53. The summed E-state index contributed by atoms with van der Waals surface area (Å²) in [6.45, 7) is 4.00. The number of rotatable bonds is 7. The summed E-state index contributed by atoms with van der Waals surface area (Å²) in [4.78, 5) is 14.4. The zero-order valence-corrected chi connectivity index (χ0v) is 13.3. The minimum absolute atomic E-state index is 0.137. The van der Waals surface area contributed by atoms with Crippen molar-refractivity contribution in [3.63, 3.8) is 0 Å². The lowest BCUT2D eigenvalue weighted by Gasteiger charge is -2.30. The van der Waals surface area contributed by atoms with Gasteiger partial charge in [-0.15, -0.1) is 0 Å². The number of benzene rings is 1. The maximum atomic E-state index is 12.8. The smallest absolute Gasteiger partial charge is 0.247 e. The lowest BCUT2D eigenvalue weighted by molar-refractivity contribution is -0.125. The van der Waals surface area contributed by atoms with Gasteiger partial charge in [-0.25, -0.2) is 0 Å². The van der Waals surface area contributed by atoms with Crippen LogP contribution in [0.2, 0.25) is 0 Å². The summed E-state index contributed by atoms with van der Waals surface area (Å²) in [5.74, 6) is 0.558. The Bertz CT molecular complexity index is 514. The normalized spacial score (nSPS) is 10.8. The van der Waals surface area contributed by atoms with Crippen molar-refractivity contribution in [2.45, 2.75) is 39.5 Å². The van der Waals surface area contributed by atoms with Crippen LogP contribution in [0.3, 0.4) is 0 Å². The summed E-state index contributed by atoms with van der Waals surface area (Å²) in [5, 5.41) is 9.58. The lowest BCUT2D eigenvalue weighted by Crippen LogP contribution is -2.41. The summed E-state index contributed by atoms with van der Waals surface area (Å²) in [5.41, 5.74) is -0.187. The number of methoxy groups -OCH3 is 1. The van der Waals surface area contributed by atoms with Gasteiger partial charge < -0.3 is 9.64 Å². The Hall–Kier alpha value is -2.02.